The molecule has 0 radical (unpaired) electrons. The fourth-order valence-corrected chi connectivity index (χ4v) is 6.51. The van der Waals surface area contributed by atoms with Crippen molar-refractivity contribution in [2.45, 2.75) is 49.3 Å². The number of hydrogen-bond donors (Lipinski definition) is 1. The van der Waals surface area contributed by atoms with Crippen LogP contribution in [-0.2, 0) is 10.3 Å². The molecule has 2 aliphatic heterocycles. The van der Waals surface area contributed by atoms with Gasteiger partial charge in [0.05, 0.1) is 5.60 Å². The van der Waals surface area contributed by atoms with E-state index >= 15 is 0 Å². The first-order valence-electron chi connectivity index (χ1n) is 12.2. The second kappa shape index (κ2) is 8.14. The molecular weight excluding hydrogens is 422 g/mol. The molecule has 2 unspecified atom stereocenters. The lowest BCUT2D eigenvalue weighted by Crippen LogP contribution is -2.52. The van der Waals surface area contributed by atoms with Crippen molar-refractivity contribution in [3.05, 3.63) is 102 Å². The summed E-state index contributed by atoms with van der Waals surface area (Å²) in [6, 6.07) is 24.6. The Kier molecular flexibility index (Phi) is 5.07. The fraction of sp³-hybridized carbons (Fsp3) is 0.300. The maximum absolute atomic E-state index is 13.3. The number of carbonyl (C=O) groups excluding carboxylic acids is 1. The standard InChI is InChI=1S/C30H29NO3/c1-2-20-9-3-8-14-28(20)30(33)17-21-15-16-22(18-30)31(21)29(32)34-19-27-25-12-6-4-10-23(25)24-11-5-7-13-26(24)27/h2-14,21-22,27,33H,1,15-19H2. The molecule has 4 nitrogen and oxygen atoms in total. The SMILES string of the molecule is C=Cc1ccccc1C1(O)CC2CCC(C1)N2C(=O)OCC1c2ccccc2-c2ccccc21. The van der Waals surface area contributed by atoms with E-state index < -0.39 is 5.60 Å². The first-order valence-corrected chi connectivity index (χ1v) is 12.2. The van der Waals surface area contributed by atoms with Crippen LogP contribution < -0.4 is 0 Å². The van der Waals surface area contributed by atoms with Crippen molar-refractivity contribution in [3.63, 3.8) is 0 Å². The van der Waals surface area contributed by atoms with Crippen LogP contribution in [0.1, 0.15) is 53.9 Å². The molecule has 2 bridgehead atoms. The average Bonchev–Trinajstić information content (AvgIpc) is 3.34. The zero-order valence-electron chi connectivity index (χ0n) is 19.2. The Morgan fingerprint density at radius 1 is 0.941 bits per heavy atom. The van der Waals surface area contributed by atoms with Crippen molar-refractivity contribution in [2.75, 3.05) is 6.61 Å². The van der Waals surface area contributed by atoms with Crippen LogP contribution in [0.15, 0.2) is 79.4 Å². The Hall–Kier alpha value is -3.37. The van der Waals surface area contributed by atoms with E-state index in [-0.39, 0.29) is 24.1 Å². The monoisotopic (exact) mass is 451 g/mol. The van der Waals surface area contributed by atoms with Crippen LogP contribution in [0.4, 0.5) is 4.79 Å². The Balaban J connectivity index is 1.20. The number of rotatable bonds is 4. The van der Waals surface area contributed by atoms with Crippen LogP contribution in [0.25, 0.3) is 17.2 Å². The Bertz CT molecular complexity index is 1210. The molecule has 172 valence electrons. The minimum atomic E-state index is -0.948. The van der Waals surface area contributed by atoms with Gasteiger partial charge in [-0.05, 0) is 46.2 Å². The number of fused-ring (bicyclic) bond motifs is 5. The normalized spacial score (nSPS) is 25.0. The molecule has 1 N–H and O–H groups in total. The van der Waals surface area contributed by atoms with Crippen LogP contribution in [-0.4, -0.2) is 34.8 Å². The molecule has 0 aromatic heterocycles. The molecule has 1 aliphatic carbocycles. The van der Waals surface area contributed by atoms with Gasteiger partial charge in [0.25, 0.3) is 0 Å². The molecule has 3 aromatic carbocycles. The molecule has 6 rings (SSSR count). The number of hydrogen-bond acceptors (Lipinski definition) is 3. The Morgan fingerprint density at radius 3 is 2.12 bits per heavy atom. The lowest BCUT2D eigenvalue weighted by atomic mass is 9.78. The third-order valence-corrected chi connectivity index (χ3v) is 8.00. The van der Waals surface area contributed by atoms with Crippen LogP contribution in [0.2, 0.25) is 0 Å². The molecule has 2 saturated heterocycles. The summed E-state index contributed by atoms with van der Waals surface area (Å²) in [6.45, 7) is 4.24. The van der Waals surface area contributed by atoms with E-state index in [9.17, 15) is 9.90 Å². The molecular formula is C30H29NO3. The Labute approximate surface area is 200 Å². The highest BCUT2D eigenvalue weighted by molar-refractivity contribution is 5.79. The topological polar surface area (TPSA) is 49.8 Å². The van der Waals surface area contributed by atoms with Crippen LogP contribution in [0.5, 0.6) is 0 Å². The number of aliphatic hydroxyl groups is 1. The van der Waals surface area contributed by atoms with E-state index in [2.05, 4.69) is 43.0 Å². The molecule has 1 amide bonds. The molecule has 2 atom stereocenters. The molecule has 3 aliphatic rings. The average molecular weight is 452 g/mol. The van der Waals surface area contributed by atoms with Crippen LogP contribution in [0, 0.1) is 0 Å². The van der Waals surface area contributed by atoms with Crippen molar-refractivity contribution in [1.29, 1.82) is 0 Å². The highest BCUT2D eigenvalue weighted by Crippen LogP contribution is 2.48. The van der Waals surface area contributed by atoms with Gasteiger partial charge in [0.1, 0.15) is 6.61 Å². The summed E-state index contributed by atoms with van der Waals surface area (Å²) in [5, 5.41) is 11.6. The van der Waals surface area contributed by atoms with Gasteiger partial charge in [-0.1, -0.05) is 85.5 Å². The number of nitrogens with zero attached hydrogens (tertiary/aromatic N) is 1. The second-order valence-electron chi connectivity index (χ2n) is 9.83. The molecule has 0 saturated carbocycles. The molecule has 3 aromatic rings. The number of benzene rings is 3. The number of ether oxygens (including phenoxy) is 1. The van der Waals surface area contributed by atoms with E-state index in [1.54, 1.807) is 6.08 Å². The molecule has 2 fully saturated rings. The lowest BCUT2D eigenvalue weighted by molar-refractivity contribution is -0.0532. The second-order valence-corrected chi connectivity index (χ2v) is 9.83. The zero-order valence-corrected chi connectivity index (χ0v) is 19.2. The highest BCUT2D eigenvalue weighted by atomic mass is 16.6. The zero-order chi connectivity index (χ0) is 23.3. The van der Waals surface area contributed by atoms with Gasteiger partial charge in [-0.15, -0.1) is 0 Å². The van der Waals surface area contributed by atoms with Gasteiger partial charge in [0, 0.05) is 30.8 Å². The van der Waals surface area contributed by atoms with Gasteiger partial charge in [-0.2, -0.15) is 0 Å². The maximum atomic E-state index is 13.3. The summed E-state index contributed by atoms with van der Waals surface area (Å²) in [7, 11) is 0. The van der Waals surface area contributed by atoms with Gasteiger partial charge >= 0.3 is 6.09 Å². The van der Waals surface area contributed by atoms with E-state index in [1.807, 2.05) is 41.3 Å². The summed E-state index contributed by atoms with van der Waals surface area (Å²) in [5.41, 5.74) is 5.80. The van der Waals surface area contributed by atoms with Crippen LogP contribution in [0.3, 0.4) is 0 Å². The number of piperidine rings is 1. The lowest BCUT2D eigenvalue weighted by Gasteiger charge is -2.44. The minimum Gasteiger partial charge on any atom is -0.448 e. The summed E-state index contributed by atoms with van der Waals surface area (Å²) in [5.74, 6) is 0.0511. The summed E-state index contributed by atoms with van der Waals surface area (Å²) in [4.78, 5) is 15.2. The van der Waals surface area contributed by atoms with Crippen molar-refractivity contribution in [3.8, 4) is 11.1 Å². The summed E-state index contributed by atoms with van der Waals surface area (Å²) >= 11 is 0. The third-order valence-electron chi connectivity index (χ3n) is 8.00. The molecule has 0 spiro atoms. The molecule has 34 heavy (non-hydrogen) atoms. The first-order chi connectivity index (χ1) is 16.6. The van der Waals surface area contributed by atoms with Crippen molar-refractivity contribution in [1.82, 2.24) is 4.90 Å². The molecule has 4 heteroatoms. The maximum Gasteiger partial charge on any atom is 0.410 e. The predicted octanol–water partition coefficient (Wildman–Crippen LogP) is 6.09. The van der Waals surface area contributed by atoms with Crippen molar-refractivity contribution >= 4 is 12.2 Å². The summed E-state index contributed by atoms with van der Waals surface area (Å²) in [6.07, 6.45) is 4.39. The predicted molar refractivity (Wildman–Crippen MR) is 133 cm³/mol. The third kappa shape index (κ3) is 3.28. The molecule has 2 heterocycles. The number of amides is 1. The van der Waals surface area contributed by atoms with Gasteiger partial charge in [0.2, 0.25) is 0 Å². The van der Waals surface area contributed by atoms with Gasteiger partial charge in [0.15, 0.2) is 0 Å². The smallest absolute Gasteiger partial charge is 0.410 e. The Morgan fingerprint density at radius 2 is 1.50 bits per heavy atom. The number of carbonyl (C=O) groups is 1. The quantitative estimate of drug-likeness (QED) is 0.522. The van der Waals surface area contributed by atoms with Crippen molar-refractivity contribution < 1.29 is 14.6 Å². The van der Waals surface area contributed by atoms with E-state index in [1.165, 1.54) is 22.3 Å². The van der Waals surface area contributed by atoms with E-state index in [0.717, 1.165) is 24.0 Å². The van der Waals surface area contributed by atoms with Gasteiger partial charge < -0.3 is 14.7 Å². The van der Waals surface area contributed by atoms with Gasteiger partial charge in [-0.3, -0.25) is 0 Å². The minimum absolute atomic E-state index is 0.0164. The van der Waals surface area contributed by atoms with Crippen molar-refractivity contribution in [2.24, 2.45) is 0 Å². The van der Waals surface area contributed by atoms with E-state index in [4.69, 9.17) is 4.74 Å². The fourth-order valence-electron chi connectivity index (χ4n) is 6.51. The van der Waals surface area contributed by atoms with Gasteiger partial charge in [-0.25, -0.2) is 4.79 Å². The van der Waals surface area contributed by atoms with Crippen LogP contribution >= 0.6 is 0 Å². The van der Waals surface area contributed by atoms with E-state index in [0.29, 0.717) is 19.4 Å². The summed E-state index contributed by atoms with van der Waals surface area (Å²) < 4.78 is 5.97. The highest BCUT2D eigenvalue weighted by Gasteiger charge is 2.51. The largest absolute Gasteiger partial charge is 0.448 e. The first kappa shape index (κ1) is 21.2.